The average molecular weight is 470 g/mol. The highest BCUT2D eigenvalue weighted by molar-refractivity contribution is 7.17. The van der Waals surface area contributed by atoms with E-state index >= 15 is 0 Å². The Morgan fingerprint density at radius 1 is 0.938 bits per heavy atom. The maximum atomic E-state index is 13.1. The summed E-state index contributed by atoms with van der Waals surface area (Å²) in [6, 6.07) is 14.9. The number of aryl methyl sites for hydroxylation is 2. The standard InChI is InChI=1S/C23H24ClN5O2S/c1-15-3-7-18(8-4-15)26-22(31)27-23-25-16(2)20(32-23)21(30)29-13-11-28(12-14-29)19-9-5-17(24)6-10-19/h3-10H,11-14H2,1-2H3,(H2,25,26,27,31). The van der Waals surface area contributed by atoms with Crippen molar-refractivity contribution in [2.24, 2.45) is 0 Å². The lowest BCUT2D eigenvalue weighted by Gasteiger charge is -2.36. The van der Waals surface area contributed by atoms with Crippen LogP contribution in [0, 0.1) is 13.8 Å². The van der Waals surface area contributed by atoms with Crippen molar-refractivity contribution in [1.29, 1.82) is 0 Å². The van der Waals surface area contributed by atoms with E-state index in [1.807, 2.05) is 60.4 Å². The van der Waals surface area contributed by atoms with E-state index in [0.717, 1.165) is 24.3 Å². The van der Waals surface area contributed by atoms with Crippen LogP contribution in [0.2, 0.25) is 5.02 Å². The number of nitrogens with zero attached hydrogens (tertiary/aromatic N) is 3. The molecule has 3 aromatic rings. The van der Waals surface area contributed by atoms with Crippen LogP contribution in [0.3, 0.4) is 0 Å². The molecule has 1 aromatic heterocycles. The first kappa shape index (κ1) is 22.1. The van der Waals surface area contributed by atoms with Gasteiger partial charge in [-0.25, -0.2) is 9.78 Å². The van der Waals surface area contributed by atoms with E-state index in [1.54, 1.807) is 6.92 Å². The van der Waals surface area contributed by atoms with E-state index in [0.29, 0.717) is 39.5 Å². The minimum absolute atomic E-state index is 0.0530. The van der Waals surface area contributed by atoms with Crippen LogP contribution in [-0.2, 0) is 0 Å². The second-order valence-corrected chi connectivity index (χ2v) is 9.07. The Bertz CT molecular complexity index is 1110. The number of hydrogen-bond donors (Lipinski definition) is 2. The smallest absolute Gasteiger partial charge is 0.325 e. The molecule has 2 aromatic carbocycles. The molecule has 0 aliphatic carbocycles. The van der Waals surface area contributed by atoms with Crippen LogP contribution in [0.25, 0.3) is 0 Å². The van der Waals surface area contributed by atoms with Crippen molar-refractivity contribution in [3.63, 3.8) is 0 Å². The number of halogens is 1. The van der Waals surface area contributed by atoms with Gasteiger partial charge in [-0.2, -0.15) is 0 Å². The number of anilines is 3. The third kappa shape index (κ3) is 5.20. The van der Waals surface area contributed by atoms with Crippen LogP contribution in [0.1, 0.15) is 20.9 Å². The van der Waals surface area contributed by atoms with E-state index in [4.69, 9.17) is 11.6 Å². The summed E-state index contributed by atoms with van der Waals surface area (Å²) in [6.07, 6.45) is 0. The lowest BCUT2D eigenvalue weighted by molar-refractivity contribution is 0.0750. The number of benzene rings is 2. The molecule has 0 radical (unpaired) electrons. The van der Waals surface area contributed by atoms with Gasteiger partial charge in [-0.3, -0.25) is 10.1 Å². The van der Waals surface area contributed by atoms with Gasteiger partial charge < -0.3 is 15.1 Å². The van der Waals surface area contributed by atoms with Gasteiger partial charge in [0.05, 0.1) is 5.69 Å². The summed E-state index contributed by atoms with van der Waals surface area (Å²) in [6.45, 7) is 6.50. The quantitative estimate of drug-likeness (QED) is 0.562. The topological polar surface area (TPSA) is 77.6 Å². The molecule has 0 unspecified atom stereocenters. The van der Waals surface area contributed by atoms with Crippen LogP contribution in [-0.4, -0.2) is 48.0 Å². The molecule has 0 spiro atoms. The fraction of sp³-hybridized carbons (Fsp3) is 0.261. The first-order chi connectivity index (χ1) is 15.4. The molecule has 1 aliphatic rings. The van der Waals surface area contributed by atoms with Crippen molar-refractivity contribution in [3.8, 4) is 0 Å². The Balaban J connectivity index is 1.35. The van der Waals surface area contributed by atoms with Gasteiger partial charge in [0.25, 0.3) is 5.91 Å². The Kier molecular flexibility index (Phi) is 6.62. The maximum absolute atomic E-state index is 13.1. The number of nitrogens with one attached hydrogen (secondary N) is 2. The van der Waals surface area contributed by atoms with Gasteiger partial charge in [0, 0.05) is 42.6 Å². The Morgan fingerprint density at radius 3 is 2.25 bits per heavy atom. The summed E-state index contributed by atoms with van der Waals surface area (Å²) >= 11 is 7.17. The normalized spacial score (nSPS) is 13.7. The van der Waals surface area contributed by atoms with Gasteiger partial charge in [-0.1, -0.05) is 40.6 Å². The number of thiazole rings is 1. The molecule has 9 heteroatoms. The number of rotatable bonds is 4. The Morgan fingerprint density at radius 2 is 1.59 bits per heavy atom. The predicted octanol–water partition coefficient (Wildman–Crippen LogP) is 5.02. The molecule has 3 amide bonds. The molecule has 0 atom stereocenters. The first-order valence-corrected chi connectivity index (χ1v) is 11.5. The summed E-state index contributed by atoms with van der Waals surface area (Å²) in [7, 11) is 0. The van der Waals surface area contributed by atoms with Crippen molar-refractivity contribution in [1.82, 2.24) is 9.88 Å². The molecule has 32 heavy (non-hydrogen) atoms. The van der Waals surface area contributed by atoms with Crippen molar-refractivity contribution in [2.45, 2.75) is 13.8 Å². The van der Waals surface area contributed by atoms with Crippen LogP contribution in [0.4, 0.5) is 21.3 Å². The van der Waals surface area contributed by atoms with Crippen molar-refractivity contribution in [2.75, 3.05) is 41.7 Å². The van der Waals surface area contributed by atoms with Gasteiger partial charge in [-0.15, -0.1) is 0 Å². The zero-order valence-electron chi connectivity index (χ0n) is 17.9. The van der Waals surface area contributed by atoms with E-state index in [1.165, 1.54) is 11.3 Å². The summed E-state index contributed by atoms with van der Waals surface area (Å²) in [5.74, 6) is -0.0530. The molecule has 0 saturated carbocycles. The number of urea groups is 1. The number of carbonyl (C=O) groups is 2. The summed E-state index contributed by atoms with van der Waals surface area (Å²) < 4.78 is 0. The second kappa shape index (κ2) is 9.58. The zero-order chi connectivity index (χ0) is 22.7. The molecule has 0 bridgehead atoms. The number of piperazine rings is 1. The van der Waals surface area contributed by atoms with Crippen LogP contribution >= 0.6 is 22.9 Å². The Hall–Kier alpha value is -3.10. The largest absolute Gasteiger partial charge is 0.368 e. The molecule has 1 saturated heterocycles. The highest BCUT2D eigenvalue weighted by atomic mass is 35.5. The van der Waals surface area contributed by atoms with Gasteiger partial charge in [-0.05, 0) is 50.2 Å². The lowest BCUT2D eigenvalue weighted by atomic mass is 10.2. The number of aromatic nitrogens is 1. The van der Waals surface area contributed by atoms with E-state index in [9.17, 15) is 9.59 Å². The van der Waals surface area contributed by atoms with Gasteiger partial charge in [0.15, 0.2) is 5.13 Å². The minimum atomic E-state index is -0.391. The monoisotopic (exact) mass is 469 g/mol. The summed E-state index contributed by atoms with van der Waals surface area (Å²) in [5, 5.41) is 6.60. The zero-order valence-corrected chi connectivity index (χ0v) is 19.5. The maximum Gasteiger partial charge on any atom is 0.325 e. The van der Waals surface area contributed by atoms with Gasteiger partial charge >= 0.3 is 6.03 Å². The molecule has 4 rings (SSSR count). The summed E-state index contributed by atoms with van der Waals surface area (Å²) in [5.41, 5.74) is 3.52. The number of carbonyl (C=O) groups excluding carboxylic acids is 2. The van der Waals surface area contributed by atoms with Crippen LogP contribution < -0.4 is 15.5 Å². The fourth-order valence-corrected chi connectivity index (χ4v) is 4.56. The highest BCUT2D eigenvalue weighted by Crippen LogP contribution is 2.26. The lowest BCUT2D eigenvalue weighted by Crippen LogP contribution is -2.48. The van der Waals surface area contributed by atoms with Gasteiger partial charge in [0.1, 0.15) is 4.88 Å². The predicted molar refractivity (Wildman–Crippen MR) is 130 cm³/mol. The van der Waals surface area contributed by atoms with E-state index in [2.05, 4.69) is 20.5 Å². The van der Waals surface area contributed by atoms with Crippen molar-refractivity contribution in [3.05, 3.63) is 69.7 Å². The Labute approximate surface area is 196 Å². The molecule has 2 heterocycles. The summed E-state index contributed by atoms with van der Waals surface area (Å²) in [4.78, 5) is 34.3. The van der Waals surface area contributed by atoms with Gasteiger partial charge in [0.2, 0.25) is 0 Å². The first-order valence-electron chi connectivity index (χ1n) is 10.3. The second-order valence-electron chi connectivity index (χ2n) is 7.63. The number of amides is 3. The molecule has 2 N–H and O–H groups in total. The van der Waals surface area contributed by atoms with E-state index < -0.39 is 6.03 Å². The van der Waals surface area contributed by atoms with Crippen molar-refractivity contribution < 1.29 is 9.59 Å². The number of hydrogen-bond acceptors (Lipinski definition) is 5. The molecular weight excluding hydrogens is 446 g/mol. The highest BCUT2D eigenvalue weighted by Gasteiger charge is 2.26. The molecule has 1 fully saturated rings. The third-order valence-electron chi connectivity index (χ3n) is 5.28. The molecule has 166 valence electrons. The molecule has 7 nitrogen and oxygen atoms in total. The van der Waals surface area contributed by atoms with E-state index in [-0.39, 0.29) is 5.91 Å². The van der Waals surface area contributed by atoms with Crippen molar-refractivity contribution >= 4 is 51.4 Å². The van der Waals surface area contributed by atoms with Crippen LogP contribution in [0.15, 0.2) is 48.5 Å². The average Bonchev–Trinajstić information content (AvgIpc) is 3.15. The molecule has 1 aliphatic heterocycles. The SMILES string of the molecule is Cc1ccc(NC(=O)Nc2nc(C)c(C(=O)N3CCN(c4ccc(Cl)cc4)CC3)s2)cc1. The van der Waals surface area contributed by atoms with Crippen LogP contribution in [0.5, 0.6) is 0 Å². The fourth-order valence-electron chi connectivity index (χ4n) is 3.51. The third-order valence-corrected chi connectivity index (χ3v) is 6.59. The molecular formula is C23H24ClN5O2S. The minimum Gasteiger partial charge on any atom is -0.368 e.